The number of carbonyl (C=O) groups excluding carboxylic acids is 2. The monoisotopic (exact) mass is 437 g/mol. The van der Waals surface area contributed by atoms with Crippen LogP contribution in [0.1, 0.15) is 29.9 Å². The number of para-hydroxylation sites is 1. The number of hydrogen-bond donors (Lipinski definition) is 3. The fourth-order valence-corrected chi connectivity index (χ4v) is 3.91. The van der Waals surface area contributed by atoms with E-state index in [1.807, 2.05) is 13.8 Å². The Kier molecular flexibility index (Phi) is 6.99. The van der Waals surface area contributed by atoms with Crippen molar-refractivity contribution in [2.24, 2.45) is 17.8 Å². The van der Waals surface area contributed by atoms with Crippen LogP contribution in [0.5, 0.6) is 0 Å². The Labute approximate surface area is 178 Å². The molecule has 1 aliphatic heterocycles. The normalized spacial score (nSPS) is 21.5. The second kappa shape index (κ2) is 9.51. The second-order valence-corrected chi connectivity index (χ2v) is 7.85. The molecule has 3 rings (SSSR count). The van der Waals surface area contributed by atoms with Crippen molar-refractivity contribution in [2.75, 3.05) is 26.2 Å². The minimum atomic E-state index is -4.78. The number of nitrogens with zero attached hydrogens (tertiary/aromatic N) is 2. The summed E-state index contributed by atoms with van der Waals surface area (Å²) in [4.78, 5) is 24.9. The number of benzene rings is 1. The standard InChI is InChI=1S/C21H26F3N5O2/c1-13-10-25-11-14(2)17(13)20(31)27-9-8-26-19(30)16-12-29(15-6-4-3-5-7-15)28-18(16)21(22,23)24/h3-7,12-14,17,25H,8-11H2,1-2H3,(H,26,30)(H,27,31). The van der Waals surface area contributed by atoms with Crippen molar-refractivity contribution >= 4 is 11.8 Å². The van der Waals surface area contributed by atoms with Crippen LogP contribution in [0, 0.1) is 17.8 Å². The van der Waals surface area contributed by atoms with Crippen LogP contribution in [0.2, 0.25) is 0 Å². The summed E-state index contributed by atoms with van der Waals surface area (Å²) in [6.45, 7) is 5.64. The van der Waals surface area contributed by atoms with Crippen molar-refractivity contribution in [3.8, 4) is 5.69 Å². The molecule has 2 heterocycles. The molecule has 31 heavy (non-hydrogen) atoms. The van der Waals surface area contributed by atoms with Crippen molar-refractivity contribution in [1.82, 2.24) is 25.7 Å². The number of carbonyl (C=O) groups is 2. The summed E-state index contributed by atoms with van der Waals surface area (Å²) >= 11 is 0. The first-order chi connectivity index (χ1) is 14.7. The number of alkyl halides is 3. The quantitative estimate of drug-likeness (QED) is 0.605. The molecule has 0 radical (unpaired) electrons. The van der Waals surface area contributed by atoms with E-state index in [0.29, 0.717) is 5.69 Å². The lowest BCUT2D eigenvalue weighted by molar-refractivity contribution is -0.141. The number of aromatic nitrogens is 2. The summed E-state index contributed by atoms with van der Waals surface area (Å²) in [6, 6.07) is 8.23. The highest BCUT2D eigenvalue weighted by molar-refractivity contribution is 5.95. The largest absolute Gasteiger partial charge is 0.435 e. The summed E-state index contributed by atoms with van der Waals surface area (Å²) < 4.78 is 41.2. The Morgan fingerprint density at radius 3 is 2.32 bits per heavy atom. The maximum Gasteiger partial charge on any atom is 0.435 e. The molecule has 1 saturated heterocycles. The highest BCUT2D eigenvalue weighted by atomic mass is 19.4. The van der Waals surface area contributed by atoms with Crippen LogP contribution >= 0.6 is 0 Å². The van der Waals surface area contributed by atoms with Gasteiger partial charge in [0.15, 0.2) is 5.69 Å². The van der Waals surface area contributed by atoms with E-state index in [9.17, 15) is 22.8 Å². The maximum absolute atomic E-state index is 13.4. The molecule has 0 saturated carbocycles. The lowest BCUT2D eigenvalue weighted by atomic mass is 9.80. The maximum atomic E-state index is 13.4. The topological polar surface area (TPSA) is 88.0 Å². The number of hydrogen-bond acceptors (Lipinski definition) is 4. The fourth-order valence-electron chi connectivity index (χ4n) is 3.91. The van der Waals surface area contributed by atoms with E-state index >= 15 is 0 Å². The van der Waals surface area contributed by atoms with Gasteiger partial charge >= 0.3 is 6.18 Å². The number of amides is 2. The number of halogens is 3. The molecule has 0 aliphatic carbocycles. The van der Waals surface area contributed by atoms with E-state index in [4.69, 9.17) is 0 Å². The van der Waals surface area contributed by atoms with Crippen LogP contribution in [0.25, 0.3) is 5.69 Å². The summed E-state index contributed by atoms with van der Waals surface area (Å²) in [6.07, 6.45) is -3.72. The molecule has 1 aromatic carbocycles. The summed E-state index contributed by atoms with van der Waals surface area (Å²) in [5.74, 6) is -0.790. The van der Waals surface area contributed by atoms with Gasteiger partial charge in [0.2, 0.25) is 5.91 Å². The average Bonchev–Trinajstić information content (AvgIpc) is 3.18. The van der Waals surface area contributed by atoms with Crippen LogP contribution in [-0.2, 0) is 11.0 Å². The van der Waals surface area contributed by atoms with Gasteiger partial charge in [-0.15, -0.1) is 0 Å². The molecule has 2 atom stereocenters. The summed E-state index contributed by atoms with van der Waals surface area (Å²) in [5.41, 5.74) is -1.41. The third kappa shape index (κ3) is 5.43. The fraction of sp³-hybridized carbons (Fsp3) is 0.476. The van der Waals surface area contributed by atoms with Gasteiger partial charge in [0.25, 0.3) is 5.91 Å². The van der Waals surface area contributed by atoms with E-state index in [1.54, 1.807) is 30.3 Å². The molecule has 3 N–H and O–H groups in total. The van der Waals surface area contributed by atoms with Crippen LogP contribution in [0.3, 0.4) is 0 Å². The number of nitrogens with one attached hydrogen (secondary N) is 3. The zero-order valence-electron chi connectivity index (χ0n) is 17.4. The predicted molar refractivity (Wildman–Crippen MR) is 109 cm³/mol. The molecule has 2 aromatic rings. The van der Waals surface area contributed by atoms with E-state index in [0.717, 1.165) is 24.0 Å². The molecule has 1 aromatic heterocycles. The molecule has 0 bridgehead atoms. The van der Waals surface area contributed by atoms with Crippen molar-refractivity contribution in [3.05, 3.63) is 47.8 Å². The molecule has 10 heteroatoms. The first-order valence-electron chi connectivity index (χ1n) is 10.2. The van der Waals surface area contributed by atoms with Gasteiger partial charge < -0.3 is 16.0 Å². The minimum absolute atomic E-state index is 0.00607. The molecule has 1 fully saturated rings. The van der Waals surface area contributed by atoms with Crippen LogP contribution in [0.15, 0.2) is 36.5 Å². The Hall–Kier alpha value is -2.88. The van der Waals surface area contributed by atoms with Gasteiger partial charge in [-0.05, 0) is 37.1 Å². The molecule has 2 amide bonds. The minimum Gasteiger partial charge on any atom is -0.354 e. The lowest BCUT2D eigenvalue weighted by Crippen LogP contribution is -2.49. The zero-order valence-corrected chi connectivity index (χ0v) is 17.4. The van der Waals surface area contributed by atoms with Gasteiger partial charge in [0.05, 0.1) is 11.3 Å². The molecule has 1 aliphatic rings. The first-order valence-corrected chi connectivity index (χ1v) is 10.2. The van der Waals surface area contributed by atoms with Gasteiger partial charge in [-0.25, -0.2) is 4.68 Å². The molecule has 2 unspecified atom stereocenters. The summed E-state index contributed by atoms with van der Waals surface area (Å²) in [5, 5.41) is 12.0. The Balaban J connectivity index is 1.61. The second-order valence-electron chi connectivity index (χ2n) is 7.85. The van der Waals surface area contributed by atoms with Gasteiger partial charge in [0.1, 0.15) is 0 Å². The van der Waals surface area contributed by atoms with Crippen molar-refractivity contribution in [1.29, 1.82) is 0 Å². The highest BCUT2D eigenvalue weighted by Crippen LogP contribution is 2.31. The van der Waals surface area contributed by atoms with Crippen molar-refractivity contribution < 1.29 is 22.8 Å². The van der Waals surface area contributed by atoms with E-state index in [1.165, 1.54) is 0 Å². The first kappa shape index (κ1) is 22.8. The Morgan fingerprint density at radius 2 is 1.71 bits per heavy atom. The van der Waals surface area contributed by atoms with Gasteiger partial charge in [-0.3, -0.25) is 9.59 Å². The van der Waals surface area contributed by atoms with Gasteiger partial charge in [-0.1, -0.05) is 32.0 Å². The third-order valence-electron chi connectivity index (χ3n) is 5.42. The van der Waals surface area contributed by atoms with Crippen LogP contribution in [0.4, 0.5) is 13.2 Å². The van der Waals surface area contributed by atoms with Crippen LogP contribution in [-0.4, -0.2) is 47.8 Å². The molecular formula is C21H26F3N5O2. The molecule has 168 valence electrons. The average molecular weight is 437 g/mol. The van der Waals surface area contributed by atoms with Gasteiger partial charge in [-0.2, -0.15) is 18.3 Å². The molecular weight excluding hydrogens is 411 g/mol. The summed E-state index contributed by atoms with van der Waals surface area (Å²) in [7, 11) is 0. The highest BCUT2D eigenvalue weighted by Gasteiger charge is 2.39. The smallest absolute Gasteiger partial charge is 0.354 e. The Morgan fingerprint density at radius 1 is 1.10 bits per heavy atom. The molecule has 0 spiro atoms. The van der Waals surface area contributed by atoms with E-state index in [2.05, 4.69) is 21.0 Å². The van der Waals surface area contributed by atoms with Crippen LogP contribution < -0.4 is 16.0 Å². The van der Waals surface area contributed by atoms with Gasteiger partial charge in [0, 0.05) is 25.2 Å². The molecule has 7 nitrogen and oxygen atoms in total. The van der Waals surface area contributed by atoms with E-state index < -0.39 is 23.3 Å². The Bertz CT molecular complexity index is 903. The SMILES string of the molecule is CC1CNCC(C)C1C(=O)NCCNC(=O)c1cn(-c2ccccc2)nc1C(F)(F)F. The van der Waals surface area contributed by atoms with Crippen molar-refractivity contribution in [2.45, 2.75) is 20.0 Å². The van der Waals surface area contributed by atoms with E-state index in [-0.39, 0.29) is 36.8 Å². The lowest BCUT2D eigenvalue weighted by Gasteiger charge is -2.34. The number of piperidine rings is 1. The number of rotatable bonds is 6. The zero-order chi connectivity index (χ0) is 22.6. The predicted octanol–water partition coefficient (Wildman–Crippen LogP) is 2.23. The van der Waals surface area contributed by atoms with Crippen molar-refractivity contribution in [3.63, 3.8) is 0 Å². The third-order valence-corrected chi connectivity index (χ3v) is 5.42.